The maximum absolute atomic E-state index is 10.1. The molecule has 2 fully saturated rings. The van der Waals surface area contributed by atoms with Crippen LogP contribution in [-0.2, 0) is 0 Å². The highest BCUT2D eigenvalue weighted by molar-refractivity contribution is 5.75. The van der Waals surface area contributed by atoms with Gasteiger partial charge in [-0.3, -0.25) is 0 Å². The Kier molecular flexibility index (Phi) is 10.3. The van der Waals surface area contributed by atoms with E-state index in [-0.39, 0.29) is 0 Å². The molecule has 2 saturated carbocycles. The minimum Gasteiger partial charge on any atom is -0.192 e. The fourth-order valence-electron chi connectivity index (χ4n) is 7.19. The van der Waals surface area contributed by atoms with Crippen molar-refractivity contribution in [3.8, 4) is 23.3 Å². The fraction of sp³-hybridized carbons (Fsp3) is 0.600. The molecule has 0 aromatic heterocycles. The number of hydrogen-bond donors (Lipinski definition) is 0. The van der Waals surface area contributed by atoms with E-state index >= 15 is 0 Å². The molecular formula is C35H46N2. The maximum Gasteiger partial charge on any atom is 0.101 e. The third kappa shape index (κ3) is 6.85. The van der Waals surface area contributed by atoms with Gasteiger partial charge >= 0.3 is 0 Å². The first-order valence-corrected chi connectivity index (χ1v) is 15.3. The van der Waals surface area contributed by atoms with Gasteiger partial charge in [-0.1, -0.05) is 95.2 Å². The Hall–Kier alpha value is -2.58. The van der Waals surface area contributed by atoms with Gasteiger partial charge in [-0.05, 0) is 91.7 Å². The van der Waals surface area contributed by atoms with Crippen LogP contribution in [0.3, 0.4) is 0 Å². The van der Waals surface area contributed by atoms with Gasteiger partial charge in [0.25, 0.3) is 0 Å². The predicted octanol–water partition coefficient (Wildman–Crippen LogP) is 10.4. The maximum atomic E-state index is 10.1. The Bertz CT molecular complexity index is 1070. The molecule has 2 aromatic carbocycles. The summed E-state index contributed by atoms with van der Waals surface area (Å²) < 4.78 is 0. The Morgan fingerprint density at radius 2 is 1.24 bits per heavy atom. The second-order valence-electron chi connectivity index (χ2n) is 11.9. The quantitative estimate of drug-likeness (QED) is 0.308. The first-order chi connectivity index (χ1) is 18.2. The van der Waals surface area contributed by atoms with Crippen LogP contribution in [0.2, 0.25) is 0 Å². The number of rotatable bonds is 10. The summed E-state index contributed by atoms with van der Waals surface area (Å²) in [7, 11) is 0. The summed E-state index contributed by atoms with van der Waals surface area (Å²) in [4.78, 5) is 0. The molecular weight excluding hydrogens is 448 g/mol. The van der Waals surface area contributed by atoms with E-state index < -0.39 is 0 Å². The van der Waals surface area contributed by atoms with E-state index in [0.717, 1.165) is 41.4 Å². The molecule has 0 N–H and O–H groups in total. The van der Waals surface area contributed by atoms with Gasteiger partial charge in [0.1, 0.15) is 12.1 Å². The molecule has 0 aliphatic heterocycles. The molecule has 196 valence electrons. The topological polar surface area (TPSA) is 47.6 Å². The second-order valence-corrected chi connectivity index (χ2v) is 11.9. The van der Waals surface area contributed by atoms with Crippen LogP contribution in [0.25, 0.3) is 11.1 Å². The van der Waals surface area contributed by atoms with Crippen LogP contribution in [0.5, 0.6) is 0 Å². The number of nitriles is 2. The highest BCUT2D eigenvalue weighted by Crippen LogP contribution is 2.42. The minimum atomic E-state index is 0.410. The Morgan fingerprint density at radius 3 is 1.84 bits per heavy atom. The molecule has 0 bridgehead atoms. The number of nitrogens with zero attached hydrogens (tertiary/aromatic N) is 2. The van der Waals surface area contributed by atoms with Gasteiger partial charge in [0.2, 0.25) is 0 Å². The molecule has 2 aliphatic carbocycles. The van der Waals surface area contributed by atoms with Gasteiger partial charge < -0.3 is 0 Å². The minimum absolute atomic E-state index is 0.410. The molecule has 0 heterocycles. The van der Waals surface area contributed by atoms with Crippen molar-refractivity contribution in [3.63, 3.8) is 0 Å². The first kappa shape index (κ1) is 27.5. The van der Waals surface area contributed by atoms with Crippen molar-refractivity contribution in [2.45, 2.75) is 122 Å². The van der Waals surface area contributed by atoms with Gasteiger partial charge in [0.05, 0.1) is 11.1 Å². The lowest BCUT2D eigenvalue weighted by atomic mass is 9.75. The molecule has 37 heavy (non-hydrogen) atoms. The zero-order chi connectivity index (χ0) is 26.0. The molecule has 2 aliphatic rings. The van der Waals surface area contributed by atoms with Gasteiger partial charge in [-0.25, -0.2) is 0 Å². The predicted molar refractivity (Wildman–Crippen MR) is 154 cm³/mol. The SMILES string of the molecule is CCCCCC[C@H]1CC[C@H](c2ccc(-c3ccc([C@H]4CC[C@H](CCC)CC4)cc3)c(C#N)c2C#N)CC1. The average Bonchev–Trinajstić information content (AvgIpc) is 2.95. The van der Waals surface area contributed by atoms with Crippen molar-refractivity contribution in [1.29, 1.82) is 10.5 Å². The van der Waals surface area contributed by atoms with E-state index in [4.69, 9.17) is 0 Å². The van der Waals surface area contributed by atoms with Crippen LogP contribution in [0.4, 0.5) is 0 Å². The zero-order valence-electron chi connectivity index (χ0n) is 23.3. The fourth-order valence-corrected chi connectivity index (χ4v) is 7.19. The molecule has 0 saturated heterocycles. The molecule has 0 atom stereocenters. The first-order valence-electron chi connectivity index (χ1n) is 15.3. The summed E-state index contributed by atoms with van der Waals surface area (Å²) in [5.74, 6) is 2.83. The zero-order valence-corrected chi connectivity index (χ0v) is 23.3. The van der Waals surface area contributed by atoms with Crippen molar-refractivity contribution in [2.24, 2.45) is 11.8 Å². The van der Waals surface area contributed by atoms with Gasteiger partial charge in [0, 0.05) is 5.56 Å². The van der Waals surface area contributed by atoms with Crippen LogP contribution in [-0.4, -0.2) is 0 Å². The van der Waals surface area contributed by atoms with Gasteiger partial charge in [0.15, 0.2) is 0 Å². The molecule has 0 unspecified atom stereocenters. The van der Waals surface area contributed by atoms with Crippen molar-refractivity contribution < 1.29 is 0 Å². The van der Waals surface area contributed by atoms with Crippen molar-refractivity contribution in [1.82, 2.24) is 0 Å². The molecule has 0 spiro atoms. The van der Waals surface area contributed by atoms with Crippen molar-refractivity contribution >= 4 is 0 Å². The van der Waals surface area contributed by atoms with E-state index in [1.165, 1.54) is 89.0 Å². The van der Waals surface area contributed by atoms with Crippen LogP contribution in [0, 0.1) is 34.5 Å². The normalized spacial score (nSPS) is 23.8. The monoisotopic (exact) mass is 494 g/mol. The molecule has 0 radical (unpaired) electrons. The van der Waals surface area contributed by atoms with Gasteiger partial charge in [-0.2, -0.15) is 10.5 Å². The van der Waals surface area contributed by atoms with Crippen LogP contribution < -0.4 is 0 Å². The summed E-state index contributed by atoms with van der Waals surface area (Å²) in [6.45, 7) is 4.57. The highest BCUT2D eigenvalue weighted by Gasteiger charge is 2.26. The molecule has 2 aromatic rings. The smallest absolute Gasteiger partial charge is 0.101 e. The number of benzene rings is 2. The Labute approximate surface area is 226 Å². The van der Waals surface area contributed by atoms with Crippen LogP contribution in [0.1, 0.15) is 144 Å². The van der Waals surface area contributed by atoms with E-state index in [1.54, 1.807) is 0 Å². The molecule has 0 amide bonds. The summed E-state index contributed by atoms with van der Waals surface area (Å²) >= 11 is 0. The number of unbranched alkanes of at least 4 members (excludes halogenated alkanes) is 3. The van der Waals surface area contributed by atoms with E-state index in [0.29, 0.717) is 23.0 Å². The summed E-state index contributed by atoms with van der Waals surface area (Å²) in [5, 5.41) is 20.2. The number of hydrogen-bond acceptors (Lipinski definition) is 2. The van der Waals surface area contributed by atoms with Crippen molar-refractivity contribution in [3.05, 3.63) is 58.7 Å². The Balaban J connectivity index is 1.44. The lowest BCUT2D eigenvalue weighted by Crippen LogP contribution is -2.15. The summed E-state index contributed by atoms with van der Waals surface area (Å²) in [5.41, 5.74) is 5.68. The molecule has 2 heteroatoms. The summed E-state index contributed by atoms with van der Waals surface area (Å²) in [6.07, 6.45) is 19.5. The largest absolute Gasteiger partial charge is 0.192 e. The van der Waals surface area contributed by atoms with E-state index in [9.17, 15) is 10.5 Å². The highest BCUT2D eigenvalue weighted by atomic mass is 14.3. The standard InChI is InChI=1S/C35H46N2/c1-3-5-6-7-9-27-12-16-30(17-13-27)32-22-23-33(35(25-37)34(32)24-36)31-20-18-29(19-21-31)28-14-10-26(8-4-2)11-15-28/h18-23,26-28,30H,3-17H2,1-2H3/t26-,27-,28-,30-. The average molecular weight is 495 g/mol. The van der Waals surface area contributed by atoms with Crippen LogP contribution >= 0.6 is 0 Å². The summed E-state index contributed by atoms with van der Waals surface area (Å²) in [6, 6.07) is 18.0. The van der Waals surface area contributed by atoms with E-state index in [1.807, 2.05) is 0 Å². The third-order valence-corrected chi connectivity index (χ3v) is 9.45. The van der Waals surface area contributed by atoms with Gasteiger partial charge in [-0.15, -0.1) is 0 Å². The lowest BCUT2D eigenvalue weighted by molar-refractivity contribution is 0.302. The lowest BCUT2D eigenvalue weighted by Gasteiger charge is -2.30. The van der Waals surface area contributed by atoms with Crippen LogP contribution in [0.15, 0.2) is 36.4 Å². The molecule has 4 rings (SSSR count). The molecule has 2 nitrogen and oxygen atoms in total. The Morgan fingerprint density at radius 1 is 0.622 bits per heavy atom. The second kappa shape index (κ2) is 13.8. The van der Waals surface area contributed by atoms with Crippen molar-refractivity contribution in [2.75, 3.05) is 0 Å². The van der Waals surface area contributed by atoms with E-state index in [2.05, 4.69) is 62.4 Å². The third-order valence-electron chi connectivity index (χ3n) is 9.45.